The summed E-state index contributed by atoms with van der Waals surface area (Å²) < 4.78 is 0. The zero-order chi connectivity index (χ0) is 7.68. The van der Waals surface area contributed by atoms with Gasteiger partial charge in [0.25, 0.3) is 0 Å². The molecular weight excluding hydrogens is 160 g/mol. The highest BCUT2D eigenvalue weighted by Gasteiger charge is 2.28. The fraction of sp³-hybridized carbons (Fsp3) is 0.875. The number of nitrogens with zero attached hydrogens (tertiary/aromatic N) is 1. The van der Waals surface area contributed by atoms with Gasteiger partial charge < -0.3 is 5.43 Å². The van der Waals surface area contributed by atoms with Crippen molar-refractivity contribution in [3.8, 4) is 0 Å². The maximum Gasteiger partial charge on any atom is 0.128 e. The summed E-state index contributed by atoms with van der Waals surface area (Å²) in [6, 6.07) is 0.546. The molecule has 2 nitrogen and oxygen atoms in total. The molecule has 0 amide bonds. The van der Waals surface area contributed by atoms with Gasteiger partial charge in [-0.1, -0.05) is 24.4 Å². The van der Waals surface area contributed by atoms with E-state index in [0.717, 1.165) is 17.5 Å². The van der Waals surface area contributed by atoms with Crippen LogP contribution in [0.4, 0.5) is 0 Å². The molecule has 1 heterocycles. The van der Waals surface area contributed by atoms with Crippen LogP contribution in [0, 0.1) is 5.92 Å². The lowest BCUT2D eigenvalue weighted by molar-refractivity contribution is 0.392. The van der Waals surface area contributed by atoms with E-state index in [1.165, 1.54) is 25.7 Å². The third kappa shape index (κ3) is 1.51. The smallest absolute Gasteiger partial charge is 0.128 e. The van der Waals surface area contributed by atoms with Crippen molar-refractivity contribution in [1.29, 1.82) is 0 Å². The normalized spacial score (nSPS) is 32.1. The largest absolute Gasteiger partial charge is 0.305 e. The molecule has 1 aliphatic heterocycles. The van der Waals surface area contributed by atoms with Gasteiger partial charge in [0, 0.05) is 6.42 Å². The van der Waals surface area contributed by atoms with Crippen molar-refractivity contribution in [1.82, 2.24) is 5.43 Å². The van der Waals surface area contributed by atoms with Crippen molar-refractivity contribution < 1.29 is 0 Å². The third-order valence-electron chi connectivity index (χ3n) is 2.71. The van der Waals surface area contributed by atoms with Crippen molar-refractivity contribution in [3.63, 3.8) is 0 Å². The molecule has 1 atom stereocenters. The molecule has 11 heavy (non-hydrogen) atoms. The summed E-state index contributed by atoms with van der Waals surface area (Å²) in [7, 11) is 0. The maximum atomic E-state index is 5.77. The summed E-state index contributed by atoms with van der Waals surface area (Å²) in [5, 5.41) is 4.75. The first-order valence-corrected chi connectivity index (χ1v) is 4.71. The van der Waals surface area contributed by atoms with Crippen molar-refractivity contribution in [2.75, 3.05) is 0 Å². The van der Waals surface area contributed by atoms with Gasteiger partial charge in [-0.3, -0.25) is 0 Å². The van der Waals surface area contributed by atoms with E-state index in [9.17, 15) is 0 Å². The Morgan fingerprint density at radius 3 is 2.64 bits per heavy atom. The molecule has 0 aromatic rings. The van der Waals surface area contributed by atoms with Crippen molar-refractivity contribution in [2.45, 2.75) is 38.1 Å². The second-order valence-electron chi connectivity index (χ2n) is 3.47. The first-order valence-electron chi connectivity index (χ1n) is 4.34. The van der Waals surface area contributed by atoms with Crippen LogP contribution in [0.15, 0.2) is 5.10 Å². The van der Waals surface area contributed by atoms with Crippen LogP contribution >= 0.6 is 11.6 Å². The average Bonchev–Trinajstić information content (AvgIpc) is 2.55. The molecule has 2 rings (SSSR count). The van der Waals surface area contributed by atoms with Crippen LogP contribution in [-0.2, 0) is 0 Å². The molecule has 62 valence electrons. The fourth-order valence-electron chi connectivity index (χ4n) is 2.06. The monoisotopic (exact) mass is 172 g/mol. The van der Waals surface area contributed by atoms with Crippen molar-refractivity contribution in [3.05, 3.63) is 0 Å². The molecule has 2 aliphatic rings. The number of nitrogens with one attached hydrogen (secondary N) is 1. The van der Waals surface area contributed by atoms with Crippen LogP contribution in [0.5, 0.6) is 0 Å². The molecule has 0 radical (unpaired) electrons. The Kier molecular flexibility index (Phi) is 2.03. The summed E-state index contributed by atoms with van der Waals surface area (Å²) in [4.78, 5) is 0. The molecule has 0 saturated heterocycles. The number of hydrogen-bond donors (Lipinski definition) is 1. The van der Waals surface area contributed by atoms with Gasteiger partial charge in [0.2, 0.25) is 0 Å². The lowest BCUT2D eigenvalue weighted by atomic mass is 9.97. The predicted octanol–water partition coefficient (Wildman–Crippen LogP) is 2.09. The van der Waals surface area contributed by atoms with Crippen molar-refractivity contribution >= 4 is 16.8 Å². The summed E-state index contributed by atoms with van der Waals surface area (Å²) in [6.45, 7) is 0. The van der Waals surface area contributed by atoms with E-state index in [4.69, 9.17) is 11.6 Å². The minimum atomic E-state index is 0.546. The van der Waals surface area contributed by atoms with Crippen LogP contribution in [-0.4, -0.2) is 11.2 Å². The van der Waals surface area contributed by atoms with Crippen LogP contribution in [0.25, 0.3) is 0 Å². The average molecular weight is 173 g/mol. The van der Waals surface area contributed by atoms with E-state index in [2.05, 4.69) is 10.5 Å². The molecule has 1 N–H and O–H groups in total. The molecule has 1 unspecified atom stereocenters. The maximum absolute atomic E-state index is 5.77. The molecule has 0 aromatic carbocycles. The quantitative estimate of drug-likeness (QED) is 0.644. The van der Waals surface area contributed by atoms with Gasteiger partial charge in [0.1, 0.15) is 5.17 Å². The van der Waals surface area contributed by atoms with Crippen LogP contribution in [0.1, 0.15) is 32.1 Å². The van der Waals surface area contributed by atoms with Crippen LogP contribution < -0.4 is 5.43 Å². The molecule has 0 bridgehead atoms. The Morgan fingerprint density at radius 1 is 1.36 bits per heavy atom. The minimum absolute atomic E-state index is 0.546. The van der Waals surface area contributed by atoms with Gasteiger partial charge in [-0.25, -0.2) is 0 Å². The van der Waals surface area contributed by atoms with Gasteiger partial charge in [-0.2, -0.15) is 5.10 Å². The summed E-state index contributed by atoms with van der Waals surface area (Å²) >= 11 is 5.77. The van der Waals surface area contributed by atoms with Gasteiger partial charge in [-0.05, 0) is 18.8 Å². The van der Waals surface area contributed by atoms with Gasteiger partial charge in [0.15, 0.2) is 0 Å². The number of hydrogen-bond acceptors (Lipinski definition) is 2. The molecular formula is C8H13ClN2. The number of hydrazone groups is 1. The minimum Gasteiger partial charge on any atom is -0.305 e. The number of halogens is 1. The van der Waals surface area contributed by atoms with Crippen LogP contribution in [0.3, 0.4) is 0 Å². The Morgan fingerprint density at radius 2 is 2.09 bits per heavy atom. The summed E-state index contributed by atoms with van der Waals surface area (Å²) in [6.07, 6.45) is 6.45. The third-order valence-corrected chi connectivity index (χ3v) is 2.95. The van der Waals surface area contributed by atoms with E-state index in [0.29, 0.717) is 6.04 Å². The fourth-order valence-corrected chi connectivity index (χ4v) is 2.27. The Balaban J connectivity index is 1.88. The highest BCUT2D eigenvalue weighted by atomic mass is 35.5. The van der Waals surface area contributed by atoms with E-state index >= 15 is 0 Å². The first kappa shape index (κ1) is 7.41. The summed E-state index contributed by atoms with van der Waals surface area (Å²) in [5.41, 5.74) is 3.10. The van der Waals surface area contributed by atoms with E-state index in [1.54, 1.807) is 0 Å². The topological polar surface area (TPSA) is 24.4 Å². The Labute approximate surface area is 72.0 Å². The van der Waals surface area contributed by atoms with E-state index in [-0.39, 0.29) is 0 Å². The molecule has 0 aromatic heterocycles. The molecule has 1 fully saturated rings. The van der Waals surface area contributed by atoms with Crippen LogP contribution in [0.2, 0.25) is 0 Å². The van der Waals surface area contributed by atoms with E-state index < -0.39 is 0 Å². The number of rotatable bonds is 1. The SMILES string of the molecule is ClC1=NNC(C2CCCC2)C1. The Bertz CT molecular complexity index is 173. The first-order chi connectivity index (χ1) is 5.36. The highest BCUT2D eigenvalue weighted by molar-refractivity contribution is 6.65. The standard InChI is InChI=1S/C8H13ClN2/c9-8-5-7(10-11-8)6-3-1-2-4-6/h6-7,10H,1-5H2. The van der Waals surface area contributed by atoms with Crippen molar-refractivity contribution in [2.24, 2.45) is 11.0 Å². The molecule has 1 aliphatic carbocycles. The van der Waals surface area contributed by atoms with Gasteiger partial charge in [0.05, 0.1) is 6.04 Å². The predicted molar refractivity (Wildman–Crippen MR) is 46.8 cm³/mol. The van der Waals surface area contributed by atoms with E-state index in [1.807, 2.05) is 0 Å². The second-order valence-corrected chi connectivity index (χ2v) is 3.91. The summed E-state index contributed by atoms with van der Waals surface area (Å²) in [5.74, 6) is 0.829. The lowest BCUT2D eigenvalue weighted by Gasteiger charge is -2.16. The van der Waals surface area contributed by atoms with Gasteiger partial charge >= 0.3 is 0 Å². The zero-order valence-electron chi connectivity index (χ0n) is 6.52. The molecule has 3 heteroatoms. The lowest BCUT2D eigenvalue weighted by Crippen LogP contribution is -2.27. The Hall–Kier alpha value is -0.240. The molecule has 1 saturated carbocycles. The second kappa shape index (κ2) is 3.02. The molecule has 0 spiro atoms. The highest BCUT2D eigenvalue weighted by Crippen LogP contribution is 2.30. The zero-order valence-corrected chi connectivity index (χ0v) is 7.27. The van der Waals surface area contributed by atoms with Gasteiger partial charge in [-0.15, -0.1) is 0 Å².